The average Bonchev–Trinajstić information content (AvgIpc) is 4.08. The van der Waals surface area contributed by atoms with Gasteiger partial charge in [0.15, 0.2) is 11.3 Å². The minimum absolute atomic E-state index is 0. The van der Waals surface area contributed by atoms with E-state index in [0.29, 0.717) is 5.65 Å². The Morgan fingerprint density at radius 2 is 1.17 bits per heavy atom. The number of furan rings is 1. The third-order valence-electron chi connectivity index (χ3n) is 13.4. The molecule has 0 fully saturated rings. The average molecular weight is 1120 g/mol. The minimum atomic E-state index is 0. The molecule has 72 heavy (non-hydrogen) atoms. The Morgan fingerprint density at radius 3 is 1.85 bits per heavy atom. The maximum atomic E-state index is 6.73. The molecule has 5 aromatic heterocycles. The fourth-order valence-electron chi connectivity index (χ4n) is 9.96. The largest absolute Gasteiger partial charge is 0.501 e. The summed E-state index contributed by atoms with van der Waals surface area (Å²) in [6, 6.07) is 60.0. The first-order valence-electron chi connectivity index (χ1n) is 24.3. The summed E-state index contributed by atoms with van der Waals surface area (Å²) in [4.78, 5) is 23.6. The van der Waals surface area contributed by atoms with Gasteiger partial charge in [-0.3, -0.25) is 9.97 Å². The van der Waals surface area contributed by atoms with Gasteiger partial charge in [-0.05, 0) is 112 Å². The van der Waals surface area contributed by atoms with E-state index in [4.69, 9.17) is 14.4 Å². The van der Waals surface area contributed by atoms with Crippen molar-refractivity contribution < 1.29 is 24.5 Å². The summed E-state index contributed by atoms with van der Waals surface area (Å²) in [6.07, 6.45) is 3.36. The van der Waals surface area contributed by atoms with Crippen molar-refractivity contribution in [3.05, 3.63) is 210 Å². The number of nitrogens with zero attached hydrogens (tertiary/aromatic N) is 7. The fraction of sp³-hybridized carbons (Fsp3) is 0.159. The van der Waals surface area contributed by atoms with E-state index in [1.165, 1.54) is 33.5 Å². The van der Waals surface area contributed by atoms with E-state index in [0.717, 1.165) is 95.2 Å². The Kier molecular flexibility index (Phi) is 13.1. The number of rotatable bonds is 8. The third kappa shape index (κ3) is 8.63. The zero-order valence-corrected chi connectivity index (χ0v) is 44.0. The number of aromatic nitrogens is 7. The van der Waals surface area contributed by atoms with Crippen LogP contribution in [0, 0.1) is 39.8 Å². The van der Waals surface area contributed by atoms with E-state index in [1.54, 1.807) is 12.4 Å². The number of fused-ring (bicyclic) bond motifs is 5. The first-order chi connectivity index (χ1) is 34.5. The van der Waals surface area contributed by atoms with Gasteiger partial charge >= 0.3 is 0 Å². The molecule has 0 N–H and O–H groups in total. The van der Waals surface area contributed by atoms with Crippen molar-refractivity contribution >= 4 is 44.3 Å². The molecule has 0 bridgehead atoms. The van der Waals surface area contributed by atoms with Crippen LogP contribution in [0.25, 0.3) is 101 Å². The second kappa shape index (κ2) is 19.7. The van der Waals surface area contributed by atoms with Crippen LogP contribution in [0.5, 0.6) is 0 Å². The summed E-state index contributed by atoms with van der Waals surface area (Å²) >= 11 is 0. The predicted molar refractivity (Wildman–Crippen MR) is 289 cm³/mol. The normalized spacial score (nSPS) is 11.5. The number of para-hydroxylation sites is 3. The van der Waals surface area contributed by atoms with Gasteiger partial charge in [0.2, 0.25) is 0 Å². The van der Waals surface area contributed by atoms with Crippen LogP contribution in [0.15, 0.2) is 168 Å². The number of hydrogen-bond donors (Lipinski definition) is 0. The molecule has 9 heteroatoms. The maximum Gasteiger partial charge on any atom is 0.188 e. The van der Waals surface area contributed by atoms with Gasteiger partial charge in [-0.25, -0.2) is 9.97 Å². The molecule has 0 aliphatic heterocycles. The van der Waals surface area contributed by atoms with Crippen LogP contribution in [0.2, 0.25) is 0 Å². The molecule has 8 nitrogen and oxygen atoms in total. The molecule has 0 amide bonds. The van der Waals surface area contributed by atoms with Crippen molar-refractivity contribution in [3.63, 3.8) is 0 Å². The second-order valence-corrected chi connectivity index (χ2v) is 18.9. The standard InChI is InChI=1S/C43H35N2O.C20H18N5.Ir/c1-27(2)36-24-32(30-16-9-6-10-17-30)25-37(28(3)4)41(36)45-39-21-12-11-20-38(39)44-43(45)35-19-13-18-34-33-23-22-31(26-40(33)46-42(34)35)29-14-7-5-8-15-29;1-12-6-5-7-13(2)17(12)25-19(16-9-8-14(3)23-15(16)4)24-18-20(25)22-11-10-21-18;/h5-18,20-28H,1-4H3;5-8,10-11H,1-4H3;/q2*-1;. The number of imidazole rings is 2. The first kappa shape index (κ1) is 47.8. The van der Waals surface area contributed by atoms with E-state index >= 15 is 0 Å². The molecule has 0 aliphatic carbocycles. The van der Waals surface area contributed by atoms with Gasteiger partial charge in [0.1, 0.15) is 5.58 Å². The van der Waals surface area contributed by atoms with Crippen LogP contribution >= 0.6 is 0 Å². The molecule has 5 heterocycles. The number of benzene rings is 7. The zero-order valence-electron chi connectivity index (χ0n) is 41.6. The van der Waals surface area contributed by atoms with E-state index < -0.39 is 0 Å². The van der Waals surface area contributed by atoms with Crippen LogP contribution in [0.3, 0.4) is 0 Å². The molecule has 12 aromatic rings. The van der Waals surface area contributed by atoms with Crippen molar-refractivity contribution in [3.8, 4) is 56.4 Å². The Balaban J connectivity index is 0.000000194. The molecule has 0 unspecified atom stereocenters. The summed E-state index contributed by atoms with van der Waals surface area (Å²) in [5.41, 5.74) is 20.5. The molecule has 0 aliphatic rings. The maximum absolute atomic E-state index is 6.73. The van der Waals surface area contributed by atoms with Crippen molar-refractivity contribution in [2.45, 2.75) is 67.2 Å². The smallest absolute Gasteiger partial charge is 0.188 e. The van der Waals surface area contributed by atoms with Crippen LogP contribution in [0.1, 0.15) is 73.2 Å². The van der Waals surface area contributed by atoms with Gasteiger partial charge in [0, 0.05) is 49.3 Å². The minimum Gasteiger partial charge on any atom is -0.501 e. The summed E-state index contributed by atoms with van der Waals surface area (Å²) in [7, 11) is 0. The van der Waals surface area contributed by atoms with E-state index in [1.807, 2.05) is 32.0 Å². The van der Waals surface area contributed by atoms with E-state index in [-0.39, 0.29) is 31.9 Å². The predicted octanol–water partition coefficient (Wildman–Crippen LogP) is 15.9. The van der Waals surface area contributed by atoms with Crippen molar-refractivity contribution in [1.82, 2.24) is 34.1 Å². The Hall–Kier alpha value is -7.84. The van der Waals surface area contributed by atoms with Crippen molar-refractivity contribution in [1.29, 1.82) is 0 Å². The molecule has 0 spiro atoms. The second-order valence-electron chi connectivity index (χ2n) is 18.9. The molecule has 0 saturated carbocycles. The van der Waals surface area contributed by atoms with Gasteiger partial charge in [-0.2, -0.15) is 0 Å². The monoisotopic (exact) mass is 1120 g/mol. The molecule has 1 radical (unpaired) electrons. The molecule has 0 saturated heterocycles. The van der Waals surface area contributed by atoms with E-state index in [9.17, 15) is 0 Å². The first-order valence-corrected chi connectivity index (χ1v) is 24.3. The number of pyridine rings is 1. The topological polar surface area (TPSA) is 87.5 Å². The van der Waals surface area contributed by atoms with Crippen LogP contribution < -0.4 is 0 Å². The molecule has 357 valence electrons. The fourth-order valence-corrected chi connectivity index (χ4v) is 9.96. The van der Waals surface area contributed by atoms with E-state index in [2.05, 4.69) is 211 Å². The van der Waals surface area contributed by atoms with Gasteiger partial charge in [0.25, 0.3) is 0 Å². The Morgan fingerprint density at radius 1 is 0.528 bits per heavy atom. The molecule has 7 aromatic carbocycles. The summed E-state index contributed by atoms with van der Waals surface area (Å²) in [5.74, 6) is 2.18. The summed E-state index contributed by atoms with van der Waals surface area (Å²) in [5, 5.41) is 2.15. The van der Waals surface area contributed by atoms with Gasteiger partial charge < -0.3 is 18.5 Å². The summed E-state index contributed by atoms with van der Waals surface area (Å²) in [6.45, 7) is 17.3. The molecule has 0 atom stereocenters. The summed E-state index contributed by atoms with van der Waals surface area (Å²) < 4.78 is 11.2. The van der Waals surface area contributed by atoms with Crippen LogP contribution in [-0.2, 0) is 20.1 Å². The van der Waals surface area contributed by atoms with Crippen molar-refractivity contribution in [2.75, 3.05) is 0 Å². The zero-order chi connectivity index (χ0) is 48.9. The van der Waals surface area contributed by atoms with Gasteiger partial charge in [-0.15, -0.1) is 30.3 Å². The Bertz CT molecular complexity index is 3890. The van der Waals surface area contributed by atoms with Crippen LogP contribution in [-0.4, -0.2) is 34.1 Å². The molecular weight excluding hydrogens is 1060 g/mol. The SMILES string of the molecule is CC(C)c1cc(-c2ccccc2)cc(C(C)C)c1-n1c(-c2[c-]ccc3c2oc2cc(-c4ccccc4)ccc23)nc2ccccc21.Cc1c[c-]c(-c2nc3nccnc3n2-c2c(C)cccc2C)c(C)n1.[Ir]. The number of aryl methyl sites for hydroxylation is 4. The van der Waals surface area contributed by atoms with Crippen LogP contribution in [0.4, 0.5) is 0 Å². The quantitative estimate of drug-likeness (QED) is 0.141. The number of hydrogen-bond acceptors (Lipinski definition) is 6. The van der Waals surface area contributed by atoms with Crippen molar-refractivity contribution in [2.24, 2.45) is 0 Å². The Labute approximate surface area is 433 Å². The molecule has 12 rings (SSSR count). The van der Waals surface area contributed by atoms with Gasteiger partial charge in [-0.1, -0.05) is 161 Å². The van der Waals surface area contributed by atoms with Gasteiger partial charge in [0.05, 0.1) is 28.3 Å². The third-order valence-corrected chi connectivity index (χ3v) is 13.4. The molecular formula is C63H53IrN7O-2.